The van der Waals surface area contributed by atoms with Crippen molar-refractivity contribution in [3.8, 4) is 11.3 Å². The van der Waals surface area contributed by atoms with E-state index in [1.807, 2.05) is 0 Å². The molecule has 0 radical (unpaired) electrons. The van der Waals surface area contributed by atoms with E-state index >= 15 is 0 Å². The van der Waals surface area contributed by atoms with Gasteiger partial charge in [-0.3, -0.25) is 0 Å². The van der Waals surface area contributed by atoms with Crippen LogP contribution in [0.25, 0.3) is 16.9 Å². The molecule has 0 saturated carbocycles. The van der Waals surface area contributed by atoms with Crippen molar-refractivity contribution in [1.29, 1.82) is 0 Å². The Labute approximate surface area is 94.9 Å². The van der Waals surface area contributed by atoms with Crippen molar-refractivity contribution < 1.29 is 4.39 Å². The van der Waals surface area contributed by atoms with E-state index in [9.17, 15) is 4.39 Å². The molecule has 1 aromatic carbocycles. The van der Waals surface area contributed by atoms with Gasteiger partial charge in [0.25, 0.3) is 0 Å². The molecular weight excluding hydrogens is 223 g/mol. The van der Waals surface area contributed by atoms with Crippen LogP contribution in [0.4, 0.5) is 10.3 Å². The third-order valence-electron chi connectivity index (χ3n) is 2.35. The van der Waals surface area contributed by atoms with Crippen molar-refractivity contribution in [1.82, 2.24) is 25.0 Å². The molecule has 84 valence electrons. The maximum Gasteiger partial charge on any atom is 0.225 e. The highest BCUT2D eigenvalue weighted by atomic mass is 19.1. The lowest BCUT2D eigenvalue weighted by atomic mass is 10.1. The number of aromatic nitrogens is 5. The molecule has 0 unspecified atom stereocenters. The molecule has 0 aliphatic carbocycles. The number of anilines is 1. The summed E-state index contributed by atoms with van der Waals surface area (Å²) < 4.78 is 14.1. The summed E-state index contributed by atoms with van der Waals surface area (Å²) in [7, 11) is 0. The Balaban J connectivity index is 2.20. The number of hydrogen-bond donors (Lipinski definition) is 1. The maximum atomic E-state index is 12.8. The Kier molecular flexibility index (Phi) is 1.97. The first-order valence-corrected chi connectivity index (χ1v) is 4.84. The summed E-state index contributed by atoms with van der Waals surface area (Å²) in [5, 5.41) is 11.0. The second-order valence-electron chi connectivity index (χ2n) is 3.46. The average Bonchev–Trinajstić information content (AvgIpc) is 2.78. The molecule has 7 heteroatoms. The minimum absolute atomic E-state index is 0.187. The van der Waals surface area contributed by atoms with Gasteiger partial charge < -0.3 is 5.73 Å². The monoisotopic (exact) mass is 230 g/mol. The van der Waals surface area contributed by atoms with E-state index in [1.165, 1.54) is 16.6 Å². The van der Waals surface area contributed by atoms with Gasteiger partial charge in [0.1, 0.15) is 5.82 Å². The smallest absolute Gasteiger partial charge is 0.225 e. The molecule has 0 saturated heterocycles. The van der Waals surface area contributed by atoms with Gasteiger partial charge in [-0.25, -0.2) is 9.37 Å². The second-order valence-corrected chi connectivity index (χ2v) is 3.46. The van der Waals surface area contributed by atoms with Crippen LogP contribution in [0.3, 0.4) is 0 Å². The van der Waals surface area contributed by atoms with Crippen molar-refractivity contribution in [3.63, 3.8) is 0 Å². The molecule has 6 nitrogen and oxygen atoms in total. The van der Waals surface area contributed by atoms with Crippen LogP contribution in [0.1, 0.15) is 0 Å². The summed E-state index contributed by atoms with van der Waals surface area (Å²) in [6.07, 6.45) is 0. The molecule has 0 fully saturated rings. The summed E-state index contributed by atoms with van der Waals surface area (Å²) in [5.74, 6) is -0.112. The first-order chi connectivity index (χ1) is 8.24. The first-order valence-electron chi connectivity index (χ1n) is 4.84. The highest BCUT2D eigenvalue weighted by Gasteiger charge is 2.07. The molecule has 0 spiro atoms. The van der Waals surface area contributed by atoms with E-state index in [0.29, 0.717) is 11.3 Å². The van der Waals surface area contributed by atoms with E-state index < -0.39 is 0 Å². The number of halogens is 1. The Bertz CT molecular complexity index is 675. The van der Waals surface area contributed by atoms with Crippen LogP contribution in [0.15, 0.2) is 30.3 Å². The fourth-order valence-corrected chi connectivity index (χ4v) is 1.54. The number of fused-ring (bicyclic) bond motifs is 1. The standard InChI is InChI=1S/C10H7FN6/c11-7-3-1-6(2-4-7)8-5-9-14-15-16-17(9)10(12)13-8/h1-5H,(H2,12,13). The number of nitrogens with zero attached hydrogens (tertiary/aromatic N) is 5. The minimum atomic E-state index is -0.299. The topological polar surface area (TPSA) is 82.0 Å². The van der Waals surface area contributed by atoms with Crippen molar-refractivity contribution in [2.75, 3.05) is 5.73 Å². The van der Waals surface area contributed by atoms with Gasteiger partial charge in [-0.05, 0) is 34.7 Å². The lowest BCUT2D eigenvalue weighted by Gasteiger charge is -2.02. The van der Waals surface area contributed by atoms with Crippen LogP contribution < -0.4 is 5.73 Å². The van der Waals surface area contributed by atoms with Gasteiger partial charge in [-0.2, -0.15) is 4.52 Å². The highest BCUT2D eigenvalue weighted by molar-refractivity contribution is 5.64. The summed E-state index contributed by atoms with van der Waals surface area (Å²) in [5.41, 5.74) is 7.56. The molecule has 17 heavy (non-hydrogen) atoms. The van der Waals surface area contributed by atoms with Crippen LogP contribution in [0.5, 0.6) is 0 Å². The van der Waals surface area contributed by atoms with Gasteiger partial charge in [-0.1, -0.05) is 0 Å². The third-order valence-corrected chi connectivity index (χ3v) is 2.35. The Morgan fingerprint density at radius 1 is 1.18 bits per heavy atom. The number of nitrogens with two attached hydrogens (primary N) is 1. The second kappa shape index (κ2) is 3.48. The number of hydrogen-bond acceptors (Lipinski definition) is 5. The Morgan fingerprint density at radius 3 is 2.71 bits per heavy atom. The zero-order valence-electron chi connectivity index (χ0n) is 8.58. The van der Waals surface area contributed by atoms with Gasteiger partial charge in [0.05, 0.1) is 5.69 Å². The van der Waals surface area contributed by atoms with E-state index in [4.69, 9.17) is 5.73 Å². The molecule has 0 bridgehead atoms. The predicted molar refractivity (Wildman–Crippen MR) is 58.4 cm³/mol. The molecule has 0 aliphatic rings. The number of rotatable bonds is 1. The molecule has 0 atom stereocenters. The van der Waals surface area contributed by atoms with Crippen LogP contribution in [-0.4, -0.2) is 25.0 Å². The SMILES string of the molecule is Nc1nc(-c2ccc(F)cc2)cc2nnnn12. The van der Waals surface area contributed by atoms with Crippen LogP contribution in [-0.2, 0) is 0 Å². The first kappa shape index (κ1) is 9.64. The van der Waals surface area contributed by atoms with Crippen LogP contribution in [0.2, 0.25) is 0 Å². The Hall–Kier alpha value is -2.57. The van der Waals surface area contributed by atoms with Gasteiger partial charge in [0.2, 0.25) is 5.95 Å². The molecule has 3 rings (SSSR count). The normalized spacial score (nSPS) is 10.9. The average molecular weight is 230 g/mol. The van der Waals surface area contributed by atoms with E-state index in [2.05, 4.69) is 20.5 Å². The van der Waals surface area contributed by atoms with E-state index in [1.54, 1.807) is 18.2 Å². The van der Waals surface area contributed by atoms with Crippen molar-refractivity contribution in [2.24, 2.45) is 0 Å². The highest BCUT2D eigenvalue weighted by Crippen LogP contribution is 2.19. The van der Waals surface area contributed by atoms with Gasteiger partial charge in [-0.15, -0.1) is 5.10 Å². The fourth-order valence-electron chi connectivity index (χ4n) is 1.54. The lowest BCUT2D eigenvalue weighted by Crippen LogP contribution is -2.03. The summed E-state index contributed by atoms with van der Waals surface area (Å²) in [6.45, 7) is 0. The summed E-state index contributed by atoms with van der Waals surface area (Å²) in [4.78, 5) is 4.15. The summed E-state index contributed by atoms with van der Waals surface area (Å²) >= 11 is 0. The van der Waals surface area contributed by atoms with Crippen molar-refractivity contribution in [2.45, 2.75) is 0 Å². The molecule has 2 aromatic heterocycles. The fraction of sp³-hybridized carbons (Fsp3) is 0. The largest absolute Gasteiger partial charge is 0.368 e. The quantitative estimate of drug-likeness (QED) is 0.671. The van der Waals surface area contributed by atoms with E-state index in [-0.39, 0.29) is 11.8 Å². The zero-order chi connectivity index (χ0) is 11.8. The van der Waals surface area contributed by atoms with Crippen molar-refractivity contribution >= 4 is 11.6 Å². The van der Waals surface area contributed by atoms with Gasteiger partial charge >= 0.3 is 0 Å². The Morgan fingerprint density at radius 2 is 1.94 bits per heavy atom. The molecule has 2 heterocycles. The summed E-state index contributed by atoms with van der Waals surface area (Å²) in [6, 6.07) is 7.65. The molecule has 0 aliphatic heterocycles. The lowest BCUT2D eigenvalue weighted by molar-refractivity contribution is 0.628. The predicted octanol–water partition coefficient (Wildman–Crippen LogP) is 0.908. The van der Waals surface area contributed by atoms with Gasteiger partial charge in [0.15, 0.2) is 5.65 Å². The zero-order valence-corrected chi connectivity index (χ0v) is 8.58. The maximum absolute atomic E-state index is 12.8. The molecule has 3 aromatic rings. The van der Waals surface area contributed by atoms with E-state index in [0.717, 1.165) is 5.56 Å². The molecule has 0 amide bonds. The minimum Gasteiger partial charge on any atom is -0.368 e. The van der Waals surface area contributed by atoms with Crippen molar-refractivity contribution in [3.05, 3.63) is 36.1 Å². The number of tetrazole rings is 1. The molecule has 2 N–H and O–H groups in total. The van der Waals surface area contributed by atoms with Crippen LogP contribution >= 0.6 is 0 Å². The third kappa shape index (κ3) is 1.57. The number of benzene rings is 1. The molecular formula is C10H7FN6. The van der Waals surface area contributed by atoms with Gasteiger partial charge in [0, 0.05) is 11.6 Å². The van der Waals surface area contributed by atoms with Crippen LogP contribution in [0, 0.1) is 5.82 Å². The number of nitrogen functional groups attached to an aromatic ring is 1.